The average molecular weight is 249 g/mol. The van der Waals surface area contributed by atoms with Gasteiger partial charge in [-0.15, -0.1) is 0 Å². The molecule has 2 rings (SSSR count). The number of pyridine rings is 1. The minimum atomic E-state index is -0.518. The molecule has 0 aromatic carbocycles. The molecule has 1 saturated carbocycles. The van der Waals surface area contributed by atoms with Crippen LogP contribution in [0.1, 0.15) is 31.4 Å². The van der Waals surface area contributed by atoms with Gasteiger partial charge < -0.3 is 15.3 Å². The number of hydrogen-bond acceptors (Lipinski definition) is 4. The number of rotatable bonds is 5. The quantitative estimate of drug-likeness (QED) is 0.812. The molecular formula is C13H19N3O2. The molecule has 98 valence electrons. The molecule has 18 heavy (non-hydrogen) atoms. The molecule has 1 aromatic rings. The molecule has 1 heterocycles. The van der Waals surface area contributed by atoms with E-state index in [0.29, 0.717) is 12.6 Å². The molecular weight excluding hydrogens is 230 g/mol. The molecule has 2 N–H and O–H groups in total. The first kappa shape index (κ1) is 12.8. The Balaban J connectivity index is 1.90. The van der Waals surface area contributed by atoms with Crippen molar-refractivity contribution in [1.29, 1.82) is 0 Å². The number of amides is 1. The number of likely N-dealkylation sites (N-methyl/N-ethyl adjacent to an activating group) is 1. The van der Waals surface area contributed by atoms with E-state index in [0.717, 1.165) is 24.2 Å². The molecule has 1 amide bonds. The minimum Gasteiger partial charge on any atom is -0.389 e. The molecule has 1 aliphatic carbocycles. The van der Waals surface area contributed by atoms with Crippen molar-refractivity contribution in [3.05, 3.63) is 23.9 Å². The van der Waals surface area contributed by atoms with Crippen LogP contribution in [0.25, 0.3) is 0 Å². The summed E-state index contributed by atoms with van der Waals surface area (Å²) in [5.41, 5.74) is 0.773. The molecule has 1 atom stereocenters. The van der Waals surface area contributed by atoms with Crippen molar-refractivity contribution in [3.63, 3.8) is 0 Å². The molecule has 1 aromatic heterocycles. The van der Waals surface area contributed by atoms with Crippen molar-refractivity contribution in [2.24, 2.45) is 0 Å². The van der Waals surface area contributed by atoms with Gasteiger partial charge in [0.25, 0.3) is 0 Å². The van der Waals surface area contributed by atoms with Crippen molar-refractivity contribution in [2.45, 2.75) is 31.9 Å². The highest BCUT2D eigenvalue weighted by Gasteiger charge is 2.23. The number of hydrogen-bond donors (Lipinski definition) is 2. The highest BCUT2D eigenvalue weighted by Crippen LogP contribution is 2.19. The normalized spacial score (nSPS) is 16.2. The largest absolute Gasteiger partial charge is 0.389 e. The summed E-state index contributed by atoms with van der Waals surface area (Å²) in [5, 5.41) is 12.3. The Morgan fingerprint density at radius 3 is 2.83 bits per heavy atom. The minimum absolute atomic E-state index is 0.0291. The molecule has 0 spiro atoms. The predicted octanol–water partition coefficient (Wildman–Crippen LogP) is 0.850. The Kier molecular flexibility index (Phi) is 3.81. The smallest absolute Gasteiger partial charge is 0.239 e. The van der Waals surface area contributed by atoms with Crippen molar-refractivity contribution < 1.29 is 9.90 Å². The predicted molar refractivity (Wildman–Crippen MR) is 69.3 cm³/mol. The molecule has 0 bridgehead atoms. The summed E-state index contributed by atoms with van der Waals surface area (Å²) in [5.74, 6) is 0.756. The third-order valence-corrected chi connectivity index (χ3v) is 2.97. The molecule has 5 nitrogen and oxygen atoms in total. The van der Waals surface area contributed by atoms with Gasteiger partial charge in [-0.25, -0.2) is 4.98 Å². The van der Waals surface area contributed by atoms with E-state index in [4.69, 9.17) is 0 Å². The average Bonchev–Trinajstić information content (AvgIpc) is 3.12. The summed E-state index contributed by atoms with van der Waals surface area (Å²) in [6, 6.07) is 4.02. The Hall–Kier alpha value is -1.62. The van der Waals surface area contributed by atoms with Crippen LogP contribution in [0.15, 0.2) is 18.3 Å². The van der Waals surface area contributed by atoms with Gasteiger partial charge in [0.2, 0.25) is 5.91 Å². The summed E-state index contributed by atoms with van der Waals surface area (Å²) in [6.45, 7) is 2.00. The van der Waals surface area contributed by atoms with Gasteiger partial charge in [0.15, 0.2) is 0 Å². The van der Waals surface area contributed by atoms with Gasteiger partial charge in [-0.3, -0.25) is 4.79 Å². The van der Waals surface area contributed by atoms with E-state index in [1.165, 1.54) is 0 Å². The Morgan fingerprint density at radius 2 is 2.33 bits per heavy atom. The van der Waals surface area contributed by atoms with Gasteiger partial charge in [0, 0.05) is 19.3 Å². The van der Waals surface area contributed by atoms with E-state index < -0.39 is 6.10 Å². The number of aliphatic hydroxyl groups excluding tert-OH is 1. The lowest BCUT2D eigenvalue weighted by molar-refractivity contribution is -0.119. The number of anilines is 1. The number of nitrogens with zero attached hydrogens (tertiary/aromatic N) is 2. The lowest BCUT2D eigenvalue weighted by atomic mass is 10.2. The second kappa shape index (κ2) is 5.35. The fraction of sp³-hybridized carbons (Fsp3) is 0.538. The molecule has 1 fully saturated rings. The summed E-state index contributed by atoms with van der Waals surface area (Å²) < 4.78 is 0. The SMILES string of the molecule is CC(O)c1ccc(N(C)CC(=O)NC2CC2)nc1. The fourth-order valence-electron chi connectivity index (χ4n) is 1.67. The second-order valence-electron chi connectivity index (χ2n) is 4.82. The summed E-state index contributed by atoms with van der Waals surface area (Å²) in [6.07, 6.45) is 3.30. The van der Waals surface area contributed by atoms with Crippen LogP contribution >= 0.6 is 0 Å². The first-order chi connectivity index (χ1) is 8.56. The number of carbonyl (C=O) groups excluding carboxylic acids is 1. The van der Waals surface area contributed by atoms with Gasteiger partial charge in [0.05, 0.1) is 12.6 Å². The lowest BCUT2D eigenvalue weighted by Crippen LogP contribution is -2.36. The van der Waals surface area contributed by atoms with Crippen molar-refractivity contribution in [2.75, 3.05) is 18.5 Å². The van der Waals surface area contributed by atoms with E-state index >= 15 is 0 Å². The molecule has 0 radical (unpaired) electrons. The van der Waals surface area contributed by atoms with Crippen LogP contribution in [-0.4, -0.2) is 35.6 Å². The van der Waals surface area contributed by atoms with Crippen LogP contribution in [0.2, 0.25) is 0 Å². The van der Waals surface area contributed by atoms with Crippen LogP contribution < -0.4 is 10.2 Å². The summed E-state index contributed by atoms with van der Waals surface area (Å²) in [4.78, 5) is 17.7. The number of carbonyl (C=O) groups is 1. The van der Waals surface area contributed by atoms with E-state index in [9.17, 15) is 9.90 Å². The maximum Gasteiger partial charge on any atom is 0.239 e. The fourth-order valence-corrected chi connectivity index (χ4v) is 1.67. The zero-order valence-corrected chi connectivity index (χ0v) is 10.8. The molecule has 1 aliphatic rings. The zero-order chi connectivity index (χ0) is 13.1. The number of aliphatic hydroxyl groups is 1. The van der Waals surface area contributed by atoms with Crippen molar-refractivity contribution in [1.82, 2.24) is 10.3 Å². The van der Waals surface area contributed by atoms with Crippen molar-refractivity contribution >= 4 is 11.7 Å². The highest BCUT2D eigenvalue weighted by atomic mass is 16.3. The van der Waals surface area contributed by atoms with Gasteiger partial charge in [-0.1, -0.05) is 6.07 Å². The summed E-state index contributed by atoms with van der Waals surface area (Å²) in [7, 11) is 1.83. The maximum absolute atomic E-state index is 11.6. The van der Waals surface area contributed by atoms with E-state index in [2.05, 4.69) is 10.3 Å². The van der Waals surface area contributed by atoms with Crippen LogP contribution in [0.3, 0.4) is 0 Å². The molecule has 0 saturated heterocycles. The molecule has 1 unspecified atom stereocenters. The third-order valence-electron chi connectivity index (χ3n) is 2.97. The Bertz CT molecular complexity index is 413. The van der Waals surface area contributed by atoms with Crippen molar-refractivity contribution in [3.8, 4) is 0 Å². The van der Waals surface area contributed by atoms with E-state index in [-0.39, 0.29) is 5.91 Å². The van der Waals surface area contributed by atoms with Gasteiger partial charge in [0.1, 0.15) is 5.82 Å². The highest BCUT2D eigenvalue weighted by molar-refractivity contribution is 5.81. The van der Waals surface area contributed by atoms with Crippen LogP contribution in [0.5, 0.6) is 0 Å². The zero-order valence-electron chi connectivity index (χ0n) is 10.8. The van der Waals surface area contributed by atoms with Crippen LogP contribution in [0.4, 0.5) is 5.82 Å². The number of aromatic nitrogens is 1. The van der Waals surface area contributed by atoms with Gasteiger partial charge >= 0.3 is 0 Å². The third kappa shape index (κ3) is 3.43. The first-order valence-corrected chi connectivity index (χ1v) is 6.21. The molecule has 0 aliphatic heterocycles. The van der Waals surface area contributed by atoms with Gasteiger partial charge in [-0.2, -0.15) is 0 Å². The maximum atomic E-state index is 11.6. The second-order valence-corrected chi connectivity index (χ2v) is 4.82. The standard InChI is InChI=1S/C13H19N3O2/c1-9(17)10-3-6-12(14-7-10)16(2)8-13(18)15-11-4-5-11/h3,6-7,9,11,17H,4-5,8H2,1-2H3,(H,15,18). The topological polar surface area (TPSA) is 65.5 Å². The first-order valence-electron chi connectivity index (χ1n) is 6.21. The van der Waals surface area contributed by atoms with Gasteiger partial charge in [-0.05, 0) is 31.4 Å². The lowest BCUT2D eigenvalue weighted by Gasteiger charge is -2.18. The monoisotopic (exact) mass is 249 g/mol. The van der Waals surface area contributed by atoms with Crippen LogP contribution in [-0.2, 0) is 4.79 Å². The Labute approximate surface area is 107 Å². The van der Waals surface area contributed by atoms with Crippen LogP contribution in [0, 0.1) is 0 Å². The molecule has 5 heteroatoms. The summed E-state index contributed by atoms with van der Waals surface area (Å²) >= 11 is 0. The van der Waals surface area contributed by atoms with E-state index in [1.807, 2.05) is 19.2 Å². The number of nitrogens with one attached hydrogen (secondary N) is 1. The van der Waals surface area contributed by atoms with E-state index in [1.54, 1.807) is 18.0 Å². The Morgan fingerprint density at radius 1 is 1.61 bits per heavy atom.